The second kappa shape index (κ2) is 6.48. The van der Waals surface area contributed by atoms with E-state index in [9.17, 15) is 9.18 Å². The van der Waals surface area contributed by atoms with E-state index in [1.165, 1.54) is 12.1 Å². The molecule has 0 bridgehead atoms. The molecule has 1 aliphatic carbocycles. The monoisotopic (exact) mass is 329 g/mol. The maximum Gasteiger partial charge on any atom is 0.306 e. The van der Waals surface area contributed by atoms with Gasteiger partial charge in [-0.3, -0.25) is 4.79 Å². The molecule has 0 heterocycles. The first-order chi connectivity index (χ1) is 9.06. The maximum absolute atomic E-state index is 13.2. The van der Waals surface area contributed by atoms with Crippen LogP contribution in [0.15, 0.2) is 22.7 Å². The van der Waals surface area contributed by atoms with E-state index in [0.717, 1.165) is 29.3 Å². The summed E-state index contributed by atoms with van der Waals surface area (Å²) in [7, 11) is 0. The van der Waals surface area contributed by atoms with E-state index in [4.69, 9.17) is 5.11 Å². The Morgan fingerprint density at radius 2 is 2.26 bits per heavy atom. The number of benzene rings is 1. The first-order valence-corrected chi connectivity index (χ1v) is 7.25. The van der Waals surface area contributed by atoms with E-state index >= 15 is 0 Å². The summed E-state index contributed by atoms with van der Waals surface area (Å²) in [5.74, 6) is -1.22. The standard InChI is InChI=1S/C14H17BrFNO2/c15-13-5-4-11(16)6-10(13)8-17-12-3-1-2-9(7-12)14(18)19/h4-6,9,12,17H,1-3,7-8H2,(H,18,19). The van der Waals surface area contributed by atoms with Crippen molar-refractivity contribution in [2.75, 3.05) is 0 Å². The van der Waals surface area contributed by atoms with Gasteiger partial charge in [-0.05, 0) is 43.0 Å². The van der Waals surface area contributed by atoms with E-state index in [2.05, 4.69) is 21.2 Å². The van der Waals surface area contributed by atoms with Crippen molar-refractivity contribution in [3.8, 4) is 0 Å². The summed E-state index contributed by atoms with van der Waals surface area (Å²) < 4.78 is 14.0. The normalized spacial score (nSPS) is 23.3. The Labute approximate surface area is 120 Å². The zero-order chi connectivity index (χ0) is 13.8. The largest absolute Gasteiger partial charge is 0.481 e. The van der Waals surface area contributed by atoms with Gasteiger partial charge in [0.25, 0.3) is 0 Å². The van der Waals surface area contributed by atoms with E-state index in [1.54, 1.807) is 6.07 Å². The molecule has 0 aromatic heterocycles. The predicted molar refractivity (Wildman–Crippen MR) is 74.3 cm³/mol. The second-order valence-corrected chi connectivity index (χ2v) is 5.87. The van der Waals surface area contributed by atoms with Crippen LogP contribution in [0.2, 0.25) is 0 Å². The topological polar surface area (TPSA) is 49.3 Å². The Morgan fingerprint density at radius 1 is 1.47 bits per heavy atom. The highest BCUT2D eigenvalue weighted by Gasteiger charge is 2.26. The SMILES string of the molecule is O=C(O)C1CCCC(NCc2cc(F)ccc2Br)C1. The maximum atomic E-state index is 13.2. The van der Waals surface area contributed by atoms with E-state index in [1.807, 2.05) is 0 Å². The quantitative estimate of drug-likeness (QED) is 0.890. The molecule has 104 valence electrons. The number of rotatable bonds is 4. The first-order valence-electron chi connectivity index (χ1n) is 6.46. The van der Waals surface area contributed by atoms with Gasteiger partial charge in [0.05, 0.1) is 5.92 Å². The Hall–Kier alpha value is -0.940. The van der Waals surface area contributed by atoms with Crippen molar-refractivity contribution in [1.82, 2.24) is 5.32 Å². The molecule has 2 atom stereocenters. The average Bonchev–Trinajstić information content (AvgIpc) is 2.40. The Bertz CT molecular complexity index is 467. The number of hydrogen-bond acceptors (Lipinski definition) is 2. The van der Waals surface area contributed by atoms with Crippen LogP contribution in [0, 0.1) is 11.7 Å². The van der Waals surface area contributed by atoms with Crippen LogP contribution in [0.25, 0.3) is 0 Å². The molecule has 1 saturated carbocycles. The van der Waals surface area contributed by atoms with Crippen LogP contribution in [0.4, 0.5) is 4.39 Å². The van der Waals surface area contributed by atoms with Crippen LogP contribution in [0.1, 0.15) is 31.2 Å². The summed E-state index contributed by atoms with van der Waals surface area (Å²) in [5.41, 5.74) is 0.859. The van der Waals surface area contributed by atoms with Gasteiger partial charge < -0.3 is 10.4 Å². The minimum absolute atomic E-state index is 0.199. The molecule has 0 spiro atoms. The Kier molecular flexibility index (Phi) is 4.93. The molecular formula is C14H17BrFNO2. The van der Waals surface area contributed by atoms with E-state index in [0.29, 0.717) is 13.0 Å². The fourth-order valence-electron chi connectivity index (χ4n) is 2.53. The van der Waals surface area contributed by atoms with Crippen LogP contribution in [-0.4, -0.2) is 17.1 Å². The van der Waals surface area contributed by atoms with Gasteiger partial charge in [0, 0.05) is 17.1 Å². The predicted octanol–water partition coefficient (Wildman–Crippen LogP) is 3.32. The summed E-state index contributed by atoms with van der Waals surface area (Å²) in [6.45, 7) is 0.551. The number of carboxylic acids is 1. The molecule has 0 amide bonds. The van der Waals surface area contributed by atoms with Crippen LogP contribution in [-0.2, 0) is 11.3 Å². The van der Waals surface area contributed by atoms with Gasteiger partial charge in [0.15, 0.2) is 0 Å². The third-order valence-electron chi connectivity index (χ3n) is 3.61. The lowest BCUT2D eigenvalue weighted by Gasteiger charge is -2.27. The fraction of sp³-hybridized carbons (Fsp3) is 0.500. The lowest BCUT2D eigenvalue weighted by molar-refractivity contribution is -0.143. The highest BCUT2D eigenvalue weighted by atomic mass is 79.9. The molecule has 2 N–H and O–H groups in total. The molecule has 1 aromatic rings. The van der Waals surface area contributed by atoms with Gasteiger partial charge in [-0.2, -0.15) is 0 Å². The van der Waals surface area contributed by atoms with Crippen molar-refractivity contribution >= 4 is 21.9 Å². The van der Waals surface area contributed by atoms with Gasteiger partial charge in [-0.1, -0.05) is 22.4 Å². The summed E-state index contributed by atoms with van der Waals surface area (Å²) in [6.07, 6.45) is 3.33. The molecule has 0 aliphatic heterocycles. The molecule has 0 radical (unpaired) electrons. The average molecular weight is 330 g/mol. The van der Waals surface area contributed by atoms with Crippen molar-refractivity contribution in [2.45, 2.75) is 38.3 Å². The van der Waals surface area contributed by atoms with Crippen molar-refractivity contribution < 1.29 is 14.3 Å². The van der Waals surface area contributed by atoms with E-state index < -0.39 is 5.97 Å². The number of carbonyl (C=O) groups is 1. The summed E-state index contributed by atoms with van der Waals surface area (Å²) in [6, 6.07) is 4.79. The van der Waals surface area contributed by atoms with Gasteiger partial charge >= 0.3 is 5.97 Å². The van der Waals surface area contributed by atoms with Crippen molar-refractivity contribution in [2.24, 2.45) is 5.92 Å². The number of aliphatic carboxylic acids is 1. The second-order valence-electron chi connectivity index (χ2n) is 5.02. The molecule has 0 saturated heterocycles. The lowest BCUT2D eigenvalue weighted by Crippen LogP contribution is -2.36. The third kappa shape index (κ3) is 4.01. The molecule has 1 aromatic carbocycles. The molecular weight excluding hydrogens is 313 g/mol. The molecule has 2 unspecified atom stereocenters. The summed E-state index contributed by atoms with van der Waals surface area (Å²) in [4.78, 5) is 11.0. The number of hydrogen-bond donors (Lipinski definition) is 2. The minimum atomic E-state index is -0.710. The number of carboxylic acid groups (broad SMARTS) is 1. The zero-order valence-corrected chi connectivity index (χ0v) is 12.1. The van der Waals surface area contributed by atoms with Crippen molar-refractivity contribution in [3.63, 3.8) is 0 Å². The number of nitrogens with one attached hydrogen (secondary N) is 1. The van der Waals surface area contributed by atoms with Crippen LogP contribution < -0.4 is 5.32 Å². The molecule has 1 fully saturated rings. The molecule has 5 heteroatoms. The van der Waals surface area contributed by atoms with Gasteiger partial charge in [-0.15, -0.1) is 0 Å². The van der Waals surface area contributed by atoms with Crippen molar-refractivity contribution in [1.29, 1.82) is 0 Å². The highest BCUT2D eigenvalue weighted by Crippen LogP contribution is 2.25. The fourth-order valence-corrected chi connectivity index (χ4v) is 2.92. The van der Waals surface area contributed by atoms with Crippen LogP contribution >= 0.6 is 15.9 Å². The Balaban J connectivity index is 1.91. The summed E-state index contributed by atoms with van der Waals surface area (Å²) >= 11 is 3.39. The van der Waals surface area contributed by atoms with Crippen LogP contribution in [0.5, 0.6) is 0 Å². The third-order valence-corrected chi connectivity index (χ3v) is 4.39. The summed E-state index contributed by atoms with van der Waals surface area (Å²) in [5, 5.41) is 12.4. The Morgan fingerprint density at radius 3 is 3.00 bits per heavy atom. The van der Waals surface area contributed by atoms with Gasteiger partial charge in [0.1, 0.15) is 5.82 Å². The molecule has 2 rings (SSSR count). The number of halogens is 2. The smallest absolute Gasteiger partial charge is 0.306 e. The minimum Gasteiger partial charge on any atom is -0.481 e. The van der Waals surface area contributed by atoms with Gasteiger partial charge in [-0.25, -0.2) is 4.39 Å². The zero-order valence-electron chi connectivity index (χ0n) is 10.5. The molecule has 19 heavy (non-hydrogen) atoms. The first kappa shape index (κ1) is 14.5. The van der Waals surface area contributed by atoms with E-state index in [-0.39, 0.29) is 17.8 Å². The molecule has 3 nitrogen and oxygen atoms in total. The highest BCUT2D eigenvalue weighted by molar-refractivity contribution is 9.10. The van der Waals surface area contributed by atoms with Crippen molar-refractivity contribution in [3.05, 3.63) is 34.1 Å². The molecule has 1 aliphatic rings. The van der Waals surface area contributed by atoms with Gasteiger partial charge in [0.2, 0.25) is 0 Å². The van der Waals surface area contributed by atoms with Crippen LogP contribution in [0.3, 0.4) is 0 Å². The lowest BCUT2D eigenvalue weighted by atomic mass is 9.86.